The molecule has 11 heteroatoms. The van der Waals surface area contributed by atoms with Crippen LogP contribution in [-0.4, -0.2) is 46.6 Å². The number of carbonyl (C=O) groups excluding carboxylic acids is 1. The van der Waals surface area contributed by atoms with Crippen LogP contribution in [0, 0.1) is 11.7 Å². The molecule has 0 spiro atoms. The maximum atomic E-state index is 15.1. The number of piperidine rings is 1. The second-order valence-electron chi connectivity index (χ2n) is 11.0. The van der Waals surface area contributed by atoms with Gasteiger partial charge < -0.3 is 28.8 Å². The number of nitrogens with zero attached hydrogens (tertiary/aromatic N) is 4. The van der Waals surface area contributed by atoms with Gasteiger partial charge >= 0.3 is 5.84 Å². The SMILES string of the molecule is O=C(Nc1ccc(CCN2CCCCC2)cc1)C1=C2N=[S-](=O)[N+](c3ccc(Oc4ccccc4)c(F)c3)=C3N=CNC(=C1)C23. The van der Waals surface area contributed by atoms with Gasteiger partial charge in [-0.15, -0.1) is 0 Å². The zero-order valence-electron chi connectivity index (χ0n) is 23.9. The fourth-order valence-corrected chi connectivity index (χ4v) is 6.93. The van der Waals surface area contributed by atoms with Crippen molar-refractivity contribution in [1.82, 2.24) is 10.2 Å². The normalized spacial score (nSPS) is 19.7. The number of aliphatic imine (C=N–C) groups is 1. The van der Waals surface area contributed by atoms with Gasteiger partial charge in [-0.25, -0.2) is 4.39 Å². The average Bonchev–Trinajstić information content (AvgIpc) is 3.42. The second kappa shape index (κ2) is 12.2. The number of hydrogen-bond donors (Lipinski definition) is 2. The van der Waals surface area contributed by atoms with Crippen LogP contribution in [0.4, 0.5) is 15.8 Å². The lowest BCUT2D eigenvalue weighted by Gasteiger charge is -2.26. The highest BCUT2D eigenvalue weighted by molar-refractivity contribution is 7.68. The highest BCUT2D eigenvalue weighted by atomic mass is 32.2. The fraction of sp³-hybridized carbons (Fsp3) is 0.242. The number of rotatable bonds is 8. The molecular weight excluding hydrogens is 579 g/mol. The largest absolute Gasteiger partial charge is 0.454 e. The molecular formula is C33H31FN6O3S. The van der Waals surface area contributed by atoms with Crippen molar-refractivity contribution in [1.29, 1.82) is 0 Å². The quantitative estimate of drug-likeness (QED) is 0.248. The van der Waals surface area contributed by atoms with E-state index in [2.05, 4.69) is 24.9 Å². The van der Waals surface area contributed by atoms with Crippen molar-refractivity contribution in [3.8, 4) is 11.5 Å². The van der Waals surface area contributed by atoms with Gasteiger partial charge in [0, 0.05) is 34.8 Å². The van der Waals surface area contributed by atoms with E-state index in [1.807, 2.05) is 30.3 Å². The van der Waals surface area contributed by atoms with E-state index in [4.69, 9.17) is 4.74 Å². The van der Waals surface area contributed by atoms with Crippen LogP contribution in [-0.2, 0) is 26.2 Å². The van der Waals surface area contributed by atoms with Crippen molar-refractivity contribution in [2.24, 2.45) is 15.3 Å². The van der Waals surface area contributed by atoms with Crippen LogP contribution in [0.15, 0.2) is 105 Å². The molecule has 1 fully saturated rings. The smallest absolute Gasteiger partial charge is 0.301 e. The van der Waals surface area contributed by atoms with Gasteiger partial charge in [-0.1, -0.05) is 36.8 Å². The number of likely N-dealkylation sites (tertiary alicyclic amines) is 1. The molecule has 3 heterocycles. The van der Waals surface area contributed by atoms with E-state index < -0.39 is 22.5 Å². The summed E-state index contributed by atoms with van der Waals surface area (Å²) in [5.74, 6) is -0.600. The van der Waals surface area contributed by atoms with Crippen LogP contribution in [0.25, 0.3) is 0 Å². The van der Waals surface area contributed by atoms with Crippen molar-refractivity contribution in [3.05, 3.63) is 107 Å². The molecule has 1 saturated heterocycles. The molecule has 3 aliphatic heterocycles. The molecule has 44 heavy (non-hydrogen) atoms. The molecule has 0 bridgehead atoms. The number of nitrogens with one attached hydrogen (secondary N) is 2. The first-order chi connectivity index (χ1) is 21.5. The first-order valence-corrected chi connectivity index (χ1v) is 15.8. The molecule has 3 aromatic rings. The summed E-state index contributed by atoms with van der Waals surface area (Å²) >= 11 is 0. The number of ether oxygens (including phenoxy) is 1. The molecule has 1 amide bonds. The Bertz CT molecular complexity index is 1820. The summed E-state index contributed by atoms with van der Waals surface area (Å²) in [6.07, 6.45) is 8.01. The first kappa shape index (κ1) is 28.2. The zero-order chi connectivity index (χ0) is 30.0. The topological polar surface area (TPSA) is 98.4 Å². The molecule has 4 aliphatic rings. The molecule has 0 radical (unpaired) electrons. The lowest BCUT2D eigenvalue weighted by molar-refractivity contribution is -0.255. The average molecular weight is 611 g/mol. The van der Waals surface area contributed by atoms with Crippen molar-refractivity contribution in [3.63, 3.8) is 0 Å². The van der Waals surface area contributed by atoms with E-state index in [0.29, 0.717) is 39.9 Å². The van der Waals surface area contributed by atoms with Crippen molar-refractivity contribution >= 4 is 40.2 Å². The van der Waals surface area contributed by atoms with E-state index in [1.54, 1.807) is 36.4 Å². The zero-order valence-corrected chi connectivity index (χ0v) is 24.7. The lowest BCUT2D eigenvalue weighted by Crippen LogP contribution is -2.36. The summed E-state index contributed by atoms with van der Waals surface area (Å²) in [6, 6.07) is 21.1. The van der Waals surface area contributed by atoms with E-state index in [9.17, 15) is 9.00 Å². The molecule has 9 nitrogen and oxygen atoms in total. The standard InChI is InChI=1S/C33H31FN6O3S/c34-27-19-24(13-14-29(27)43-25-7-3-1-4-8-25)40-32-30-28(35-21-36-32)20-26(31(30)38-44(40)42)33(41)37-23-11-9-22(10-12-23)15-18-39-16-5-2-6-17-39/h1,3-4,7-14,19-21,30H,2,5-6,15-18H2,(H,35,36)(H,37,41). The van der Waals surface area contributed by atoms with Gasteiger partial charge in [0.15, 0.2) is 11.6 Å². The third kappa shape index (κ3) is 5.68. The number of halogens is 1. The van der Waals surface area contributed by atoms with Crippen LogP contribution in [0.5, 0.6) is 11.5 Å². The summed E-state index contributed by atoms with van der Waals surface area (Å²) < 4.78 is 40.0. The number of benzene rings is 3. The molecule has 3 aromatic carbocycles. The number of amidine groups is 1. The Morgan fingerprint density at radius 1 is 1.07 bits per heavy atom. The second-order valence-corrected chi connectivity index (χ2v) is 12.1. The van der Waals surface area contributed by atoms with Gasteiger partial charge in [0.05, 0.1) is 11.3 Å². The van der Waals surface area contributed by atoms with E-state index in [0.717, 1.165) is 13.0 Å². The van der Waals surface area contributed by atoms with Crippen LogP contribution in [0.2, 0.25) is 0 Å². The minimum Gasteiger partial charge on any atom is -0.454 e. The minimum absolute atomic E-state index is 0.0366. The minimum atomic E-state index is -2.00. The van der Waals surface area contributed by atoms with Gasteiger partial charge in [-0.05, 0) is 85.4 Å². The number of hydrogen-bond acceptors (Lipinski definition) is 8. The Balaban J connectivity index is 1.10. The van der Waals surface area contributed by atoms with Crippen molar-refractivity contribution in [2.75, 3.05) is 25.0 Å². The third-order valence-electron chi connectivity index (χ3n) is 8.13. The van der Waals surface area contributed by atoms with E-state index in [-0.39, 0.29) is 11.7 Å². The van der Waals surface area contributed by atoms with Crippen LogP contribution < -0.4 is 15.4 Å². The fourth-order valence-electron chi connectivity index (χ4n) is 5.87. The molecule has 1 aliphatic carbocycles. The summed E-state index contributed by atoms with van der Waals surface area (Å²) in [7, 11) is -2.00. The summed E-state index contributed by atoms with van der Waals surface area (Å²) in [6.45, 7) is 3.38. The van der Waals surface area contributed by atoms with Crippen molar-refractivity contribution < 1.29 is 22.1 Å². The molecule has 1 atom stereocenters. The summed E-state index contributed by atoms with van der Waals surface area (Å²) in [5.41, 5.74) is 3.53. The highest BCUT2D eigenvalue weighted by Gasteiger charge is 2.42. The van der Waals surface area contributed by atoms with Crippen molar-refractivity contribution in [2.45, 2.75) is 25.7 Å². The van der Waals surface area contributed by atoms with Gasteiger partial charge in [-0.3, -0.25) is 8.78 Å². The van der Waals surface area contributed by atoms with Crippen LogP contribution in [0.1, 0.15) is 24.8 Å². The van der Waals surface area contributed by atoms with Gasteiger partial charge in [0.1, 0.15) is 17.4 Å². The molecule has 2 N–H and O–H groups in total. The van der Waals surface area contributed by atoms with Gasteiger partial charge in [-0.2, -0.15) is 0 Å². The van der Waals surface area contributed by atoms with E-state index >= 15 is 4.39 Å². The highest BCUT2D eigenvalue weighted by Crippen LogP contribution is 2.39. The molecule has 0 aromatic heterocycles. The predicted octanol–water partition coefficient (Wildman–Crippen LogP) is 5.80. The maximum absolute atomic E-state index is 15.1. The number of anilines is 1. The third-order valence-corrected chi connectivity index (χ3v) is 9.19. The number of amides is 1. The Morgan fingerprint density at radius 2 is 1.86 bits per heavy atom. The summed E-state index contributed by atoms with van der Waals surface area (Å²) in [5, 5.41) is 6.04. The predicted molar refractivity (Wildman–Crippen MR) is 168 cm³/mol. The molecule has 224 valence electrons. The Morgan fingerprint density at radius 3 is 2.64 bits per heavy atom. The lowest BCUT2D eigenvalue weighted by atomic mass is 10.0. The molecule has 0 saturated carbocycles. The molecule has 1 unspecified atom stereocenters. The number of para-hydroxylation sites is 1. The molecule has 7 rings (SSSR count). The van der Waals surface area contributed by atoms with E-state index in [1.165, 1.54) is 60.4 Å². The Labute approximate surface area is 256 Å². The van der Waals surface area contributed by atoms with Gasteiger partial charge in [0.25, 0.3) is 5.91 Å². The maximum Gasteiger partial charge on any atom is 0.301 e. The Kier molecular flexibility index (Phi) is 7.80. The number of carbonyl (C=O) groups is 1. The van der Waals surface area contributed by atoms with Crippen LogP contribution >= 0.6 is 0 Å². The van der Waals surface area contributed by atoms with Gasteiger partial charge in [0.2, 0.25) is 6.34 Å². The Hall–Kier alpha value is -4.61. The van der Waals surface area contributed by atoms with Crippen LogP contribution in [0.3, 0.4) is 0 Å². The summed E-state index contributed by atoms with van der Waals surface area (Å²) in [4.78, 5) is 20.4. The monoisotopic (exact) mass is 610 g/mol. The first-order valence-electron chi connectivity index (χ1n) is 14.7.